The zero-order chi connectivity index (χ0) is 14.2. The molecule has 2 rings (SSSR count). The van der Waals surface area contributed by atoms with E-state index in [1.807, 2.05) is 0 Å². The summed E-state index contributed by atoms with van der Waals surface area (Å²) >= 11 is 9.30. The van der Waals surface area contributed by atoms with Gasteiger partial charge in [0, 0.05) is 5.02 Å². The third-order valence-corrected chi connectivity index (χ3v) is 4.13. The maximum Gasteiger partial charge on any atom is 0.160 e. The van der Waals surface area contributed by atoms with Gasteiger partial charge in [-0.15, -0.1) is 0 Å². The average molecular weight is 350 g/mol. The van der Waals surface area contributed by atoms with Crippen molar-refractivity contribution in [3.05, 3.63) is 69.5 Å². The second-order valence-electron chi connectivity index (χ2n) is 4.15. The summed E-state index contributed by atoms with van der Waals surface area (Å²) in [6, 6.07) is 6.24. The Balaban J connectivity index is 2.49. The maximum absolute atomic E-state index is 13.3. The fourth-order valence-electron chi connectivity index (χ4n) is 1.82. The van der Waals surface area contributed by atoms with E-state index in [4.69, 9.17) is 11.6 Å². The van der Waals surface area contributed by atoms with Crippen molar-refractivity contribution >= 4 is 27.5 Å². The molecule has 0 heterocycles. The zero-order valence-corrected chi connectivity index (χ0v) is 12.2. The van der Waals surface area contributed by atoms with Gasteiger partial charge in [-0.3, -0.25) is 0 Å². The highest BCUT2D eigenvalue weighted by atomic mass is 79.9. The van der Waals surface area contributed by atoms with E-state index in [2.05, 4.69) is 15.9 Å². The molecular formula is C14H9BrClF3. The van der Waals surface area contributed by atoms with Crippen LogP contribution in [0.4, 0.5) is 13.2 Å². The van der Waals surface area contributed by atoms with Crippen molar-refractivity contribution in [2.45, 2.75) is 11.8 Å². The highest BCUT2D eigenvalue weighted by Gasteiger charge is 2.18. The molecule has 0 aliphatic rings. The van der Waals surface area contributed by atoms with Gasteiger partial charge in [0.2, 0.25) is 0 Å². The predicted octanol–water partition coefficient (Wildman–Crippen LogP) is 5.55. The fourth-order valence-corrected chi connectivity index (χ4v) is 3.11. The van der Waals surface area contributed by atoms with Crippen LogP contribution < -0.4 is 0 Å². The van der Waals surface area contributed by atoms with Crippen molar-refractivity contribution in [1.29, 1.82) is 0 Å². The van der Waals surface area contributed by atoms with Gasteiger partial charge in [-0.2, -0.15) is 0 Å². The van der Waals surface area contributed by atoms with Crippen molar-refractivity contribution in [3.8, 4) is 0 Å². The molecule has 2 aromatic rings. The van der Waals surface area contributed by atoms with E-state index in [0.717, 1.165) is 17.7 Å². The summed E-state index contributed by atoms with van der Waals surface area (Å²) in [5, 5.41) is 0.115. The Morgan fingerprint density at radius 1 is 1.00 bits per heavy atom. The standard InChI is InChI=1S/C14H9BrClF3/c1-7-4-8(17)2-3-9(7)14(15)10-5-12(18)13(19)6-11(10)16/h2-6,14H,1H3. The molecule has 0 nitrogen and oxygen atoms in total. The van der Waals surface area contributed by atoms with Crippen LogP contribution >= 0.6 is 27.5 Å². The van der Waals surface area contributed by atoms with Gasteiger partial charge in [0.15, 0.2) is 11.6 Å². The molecule has 0 fully saturated rings. The quantitative estimate of drug-likeness (QED) is 0.492. The summed E-state index contributed by atoms with van der Waals surface area (Å²) in [6.45, 7) is 1.74. The number of hydrogen-bond acceptors (Lipinski definition) is 0. The Morgan fingerprint density at radius 2 is 1.63 bits per heavy atom. The summed E-state index contributed by atoms with van der Waals surface area (Å²) in [4.78, 5) is -0.435. The molecule has 0 spiro atoms. The van der Waals surface area contributed by atoms with Crippen LogP contribution in [-0.2, 0) is 0 Å². The van der Waals surface area contributed by atoms with Crippen molar-refractivity contribution in [2.24, 2.45) is 0 Å². The lowest BCUT2D eigenvalue weighted by Gasteiger charge is -2.15. The first kappa shape index (κ1) is 14.4. The molecule has 1 atom stereocenters. The predicted molar refractivity (Wildman–Crippen MR) is 73.3 cm³/mol. The monoisotopic (exact) mass is 348 g/mol. The molecule has 0 aromatic heterocycles. The van der Waals surface area contributed by atoms with Crippen LogP contribution in [0.1, 0.15) is 21.5 Å². The van der Waals surface area contributed by atoms with Crippen LogP contribution in [0.3, 0.4) is 0 Å². The Labute approximate surface area is 122 Å². The van der Waals surface area contributed by atoms with E-state index in [9.17, 15) is 13.2 Å². The van der Waals surface area contributed by atoms with Gasteiger partial charge in [-0.1, -0.05) is 33.6 Å². The third-order valence-electron chi connectivity index (χ3n) is 2.82. The molecule has 0 bridgehead atoms. The topological polar surface area (TPSA) is 0 Å². The van der Waals surface area contributed by atoms with Crippen molar-refractivity contribution < 1.29 is 13.2 Å². The zero-order valence-electron chi connectivity index (χ0n) is 9.85. The lowest BCUT2D eigenvalue weighted by molar-refractivity contribution is 0.507. The minimum Gasteiger partial charge on any atom is -0.207 e. The second kappa shape index (κ2) is 5.55. The van der Waals surface area contributed by atoms with Crippen LogP contribution in [0.5, 0.6) is 0 Å². The van der Waals surface area contributed by atoms with Crippen LogP contribution in [0.2, 0.25) is 5.02 Å². The summed E-state index contributed by atoms with van der Waals surface area (Å²) in [6.07, 6.45) is 0. The largest absolute Gasteiger partial charge is 0.207 e. The minimum absolute atomic E-state index is 0.115. The Kier molecular flexibility index (Phi) is 4.21. The van der Waals surface area contributed by atoms with Gasteiger partial charge < -0.3 is 0 Å². The molecule has 19 heavy (non-hydrogen) atoms. The van der Waals surface area contributed by atoms with E-state index in [1.165, 1.54) is 12.1 Å². The summed E-state index contributed by atoms with van der Waals surface area (Å²) in [7, 11) is 0. The molecule has 0 amide bonds. The van der Waals surface area contributed by atoms with Crippen molar-refractivity contribution in [1.82, 2.24) is 0 Å². The van der Waals surface area contributed by atoms with Crippen LogP contribution in [0, 0.1) is 24.4 Å². The first-order chi connectivity index (χ1) is 8.90. The lowest BCUT2D eigenvalue weighted by atomic mass is 10.00. The van der Waals surface area contributed by atoms with Gasteiger partial charge in [0.05, 0.1) is 4.83 Å². The maximum atomic E-state index is 13.3. The van der Waals surface area contributed by atoms with Gasteiger partial charge in [-0.25, -0.2) is 13.2 Å². The summed E-state index contributed by atoms with van der Waals surface area (Å²) in [5.74, 6) is -2.31. The Morgan fingerprint density at radius 3 is 2.26 bits per heavy atom. The van der Waals surface area contributed by atoms with Gasteiger partial charge in [0.25, 0.3) is 0 Å². The molecular weight excluding hydrogens is 341 g/mol. The number of aryl methyl sites for hydroxylation is 1. The Hall–Kier alpha value is -1.00. The van der Waals surface area contributed by atoms with E-state index in [1.54, 1.807) is 13.0 Å². The third kappa shape index (κ3) is 2.95. The molecule has 0 saturated carbocycles. The van der Waals surface area contributed by atoms with Crippen LogP contribution in [0.25, 0.3) is 0 Å². The molecule has 0 aliphatic heterocycles. The number of hydrogen-bond donors (Lipinski definition) is 0. The van der Waals surface area contributed by atoms with Crippen LogP contribution in [0.15, 0.2) is 30.3 Å². The van der Waals surface area contributed by atoms with Gasteiger partial charge in [-0.05, 0) is 47.9 Å². The lowest BCUT2D eigenvalue weighted by Crippen LogP contribution is -1.99. The first-order valence-electron chi connectivity index (χ1n) is 5.44. The molecule has 2 aromatic carbocycles. The molecule has 5 heteroatoms. The molecule has 0 radical (unpaired) electrons. The van der Waals surface area contributed by atoms with Crippen molar-refractivity contribution in [3.63, 3.8) is 0 Å². The Bertz CT molecular complexity index is 628. The molecule has 1 unspecified atom stereocenters. The summed E-state index contributed by atoms with van der Waals surface area (Å²) < 4.78 is 39.4. The highest BCUT2D eigenvalue weighted by molar-refractivity contribution is 9.09. The summed E-state index contributed by atoms with van der Waals surface area (Å²) in [5.41, 5.74) is 1.84. The smallest absolute Gasteiger partial charge is 0.160 e. The number of benzene rings is 2. The van der Waals surface area contributed by atoms with E-state index in [-0.39, 0.29) is 10.8 Å². The normalized spacial score (nSPS) is 12.5. The highest BCUT2D eigenvalue weighted by Crippen LogP contribution is 2.37. The molecule has 0 N–H and O–H groups in total. The number of alkyl halides is 1. The van der Waals surface area contributed by atoms with E-state index in [0.29, 0.717) is 11.1 Å². The van der Waals surface area contributed by atoms with E-state index >= 15 is 0 Å². The molecule has 100 valence electrons. The number of halogens is 5. The van der Waals surface area contributed by atoms with Crippen LogP contribution in [-0.4, -0.2) is 0 Å². The molecule has 0 saturated heterocycles. The van der Waals surface area contributed by atoms with Gasteiger partial charge >= 0.3 is 0 Å². The minimum atomic E-state index is -0.996. The molecule has 0 aliphatic carbocycles. The fraction of sp³-hybridized carbons (Fsp3) is 0.143. The number of rotatable bonds is 2. The van der Waals surface area contributed by atoms with Gasteiger partial charge in [0.1, 0.15) is 5.82 Å². The first-order valence-corrected chi connectivity index (χ1v) is 6.74. The SMILES string of the molecule is Cc1cc(F)ccc1C(Br)c1cc(F)c(F)cc1Cl. The van der Waals surface area contributed by atoms with Crippen molar-refractivity contribution in [2.75, 3.05) is 0 Å². The second-order valence-corrected chi connectivity index (χ2v) is 5.47. The average Bonchev–Trinajstić information content (AvgIpc) is 2.33. The van der Waals surface area contributed by atoms with E-state index < -0.39 is 16.5 Å².